The molecule has 3 nitrogen and oxygen atoms in total. The molecule has 2 rings (SSSR count). The normalized spacial score (nSPS) is 17.4. The molecule has 94 valence electrons. The van der Waals surface area contributed by atoms with E-state index >= 15 is 0 Å². The van der Waals surface area contributed by atoms with Gasteiger partial charge in [-0.2, -0.15) is 0 Å². The number of rotatable bonds is 4. The standard InChI is InChI=1S/C14H23N3/c1-11(2)13-5-8-16-14(9-13)17-10-12-3-6-15-7-4-12/h5,8-9,11-12,15H,3-4,6-7,10H2,1-2H3,(H,16,17). The predicted molar refractivity (Wildman–Crippen MR) is 72.4 cm³/mol. The molecule has 3 heteroatoms. The van der Waals surface area contributed by atoms with Gasteiger partial charge in [0.15, 0.2) is 0 Å². The van der Waals surface area contributed by atoms with Gasteiger partial charge in [-0.1, -0.05) is 13.8 Å². The van der Waals surface area contributed by atoms with Crippen molar-refractivity contribution < 1.29 is 0 Å². The van der Waals surface area contributed by atoms with Gasteiger partial charge in [0.25, 0.3) is 0 Å². The molecule has 1 aliphatic rings. The number of anilines is 1. The topological polar surface area (TPSA) is 37.0 Å². The van der Waals surface area contributed by atoms with E-state index in [1.165, 1.54) is 18.4 Å². The van der Waals surface area contributed by atoms with Crippen molar-refractivity contribution >= 4 is 5.82 Å². The zero-order valence-electron chi connectivity index (χ0n) is 10.9. The van der Waals surface area contributed by atoms with E-state index in [-0.39, 0.29) is 0 Å². The summed E-state index contributed by atoms with van der Waals surface area (Å²) in [6.45, 7) is 7.80. The summed E-state index contributed by atoms with van der Waals surface area (Å²) in [7, 11) is 0. The first-order chi connectivity index (χ1) is 8.25. The van der Waals surface area contributed by atoms with Crippen molar-refractivity contribution in [3.8, 4) is 0 Å². The molecular weight excluding hydrogens is 210 g/mol. The predicted octanol–water partition coefficient (Wildman–Crippen LogP) is 2.62. The number of hydrogen-bond acceptors (Lipinski definition) is 3. The van der Waals surface area contributed by atoms with E-state index in [0.717, 1.165) is 31.4 Å². The van der Waals surface area contributed by atoms with Gasteiger partial charge in [-0.15, -0.1) is 0 Å². The minimum Gasteiger partial charge on any atom is -0.370 e. The van der Waals surface area contributed by atoms with Crippen LogP contribution in [0.5, 0.6) is 0 Å². The summed E-state index contributed by atoms with van der Waals surface area (Å²) in [4.78, 5) is 4.38. The molecule has 0 radical (unpaired) electrons. The SMILES string of the molecule is CC(C)c1ccnc(NCC2CCNCC2)c1. The molecule has 1 aromatic heterocycles. The highest BCUT2D eigenvalue weighted by Crippen LogP contribution is 2.17. The lowest BCUT2D eigenvalue weighted by atomic mass is 9.98. The zero-order chi connectivity index (χ0) is 12.1. The van der Waals surface area contributed by atoms with Gasteiger partial charge in [-0.25, -0.2) is 4.98 Å². The van der Waals surface area contributed by atoms with Crippen LogP contribution in [0.1, 0.15) is 38.2 Å². The molecule has 0 saturated carbocycles. The second-order valence-electron chi connectivity index (χ2n) is 5.20. The van der Waals surface area contributed by atoms with Crippen LogP contribution in [0.3, 0.4) is 0 Å². The fourth-order valence-electron chi connectivity index (χ4n) is 2.24. The van der Waals surface area contributed by atoms with Crippen LogP contribution in [0, 0.1) is 5.92 Å². The molecule has 17 heavy (non-hydrogen) atoms. The van der Waals surface area contributed by atoms with Gasteiger partial charge in [0.2, 0.25) is 0 Å². The summed E-state index contributed by atoms with van der Waals surface area (Å²) < 4.78 is 0. The van der Waals surface area contributed by atoms with Crippen molar-refractivity contribution in [2.45, 2.75) is 32.6 Å². The molecule has 1 saturated heterocycles. The number of aromatic nitrogens is 1. The van der Waals surface area contributed by atoms with Gasteiger partial charge in [0.1, 0.15) is 5.82 Å². The molecule has 1 fully saturated rings. The van der Waals surface area contributed by atoms with Crippen molar-refractivity contribution in [1.82, 2.24) is 10.3 Å². The van der Waals surface area contributed by atoms with Crippen LogP contribution in [0.4, 0.5) is 5.82 Å². The van der Waals surface area contributed by atoms with Crippen molar-refractivity contribution in [2.24, 2.45) is 5.92 Å². The second-order valence-corrected chi connectivity index (χ2v) is 5.20. The summed E-state index contributed by atoms with van der Waals surface area (Å²) in [6, 6.07) is 4.27. The maximum absolute atomic E-state index is 4.38. The van der Waals surface area contributed by atoms with E-state index in [9.17, 15) is 0 Å². The summed E-state index contributed by atoms with van der Waals surface area (Å²) in [5.41, 5.74) is 1.35. The molecule has 2 heterocycles. The molecular formula is C14H23N3. The van der Waals surface area contributed by atoms with E-state index < -0.39 is 0 Å². The fraction of sp³-hybridized carbons (Fsp3) is 0.643. The monoisotopic (exact) mass is 233 g/mol. The highest BCUT2D eigenvalue weighted by Gasteiger charge is 2.12. The number of hydrogen-bond donors (Lipinski definition) is 2. The summed E-state index contributed by atoms with van der Waals surface area (Å²) in [5.74, 6) is 2.38. The Balaban J connectivity index is 1.87. The zero-order valence-corrected chi connectivity index (χ0v) is 10.9. The van der Waals surface area contributed by atoms with E-state index in [0.29, 0.717) is 5.92 Å². The molecule has 0 aliphatic carbocycles. The highest BCUT2D eigenvalue weighted by molar-refractivity contribution is 5.38. The molecule has 0 aromatic carbocycles. The fourth-order valence-corrected chi connectivity index (χ4v) is 2.24. The Hall–Kier alpha value is -1.09. The molecule has 1 aliphatic heterocycles. The van der Waals surface area contributed by atoms with Crippen molar-refractivity contribution in [2.75, 3.05) is 25.0 Å². The van der Waals surface area contributed by atoms with E-state index in [1.54, 1.807) is 0 Å². The van der Waals surface area contributed by atoms with Gasteiger partial charge in [-0.05, 0) is 55.5 Å². The van der Waals surface area contributed by atoms with Crippen LogP contribution in [0.2, 0.25) is 0 Å². The van der Waals surface area contributed by atoms with Crippen molar-refractivity contribution in [3.05, 3.63) is 23.9 Å². The maximum Gasteiger partial charge on any atom is 0.126 e. The Bertz CT molecular complexity index is 343. The van der Waals surface area contributed by atoms with E-state index in [2.05, 4.69) is 41.6 Å². The maximum atomic E-state index is 4.38. The van der Waals surface area contributed by atoms with E-state index in [1.807, 2.05) is 6.20 Å². The smallest absolute Gasteiger partial charge is 0.126 e. The summed E-state index contributed by atoms with van der Waals surface area (Å²) in [6.07, 6.45) is 4.45. The minimum absolute atomic E-state index is 0.567. The Morgan fingerprint density at radius 2 is 2.18 bits per heavy atom. The number of piperidine rings is 1. The number of pyridine rings is 1. The Morgan fingerprint density at radius 3 is 2.88 bits per heavy atom. The largest absolute Gasteiger partial charge is 0.370 e. The molecule has 0 amide bonds. The Labute approximate surface area is 104 Å². The third kappa shape index (κ3) is 3.70. The lowest BCUT2D eigenvalue weighted by Crippen LogP contribution is -2.31. The quantitative estimate of drug-likeness (QED) is 0.839. The Kier molecular flexibility index (Phi) is 4.37. The first kappa shape index (κ1) is 12.4. The lowest BCUT2D eigenvalue weighted by molar-refractivity contribution is 0.389. The first-order valence-corrected chi connectivity index (χ1v) is 6.66. The van der Waals surface area contributed by atoms with Gasteiger partial charge < -0.3 is 10.6 Å². The average Bonchev–Trinajstić information content (AvgIpc) is 2.38. The Morgan fingerprint density at radius 1 is 1.41 bits per heavy atom. The van der Waals surface area contributed by atoms with Gasteiger partial charge >= 0.3 is 0 Å². The van der Waals surface area contributed by atoms with Crippen LogP contribution < -0.4 is 10.6 Å². The molecule has 1 aromatic rings. The van der Waals surface area contributed by atoms with Crippen molar-refractivity contribution in [1.29, 1.82) is 0 Å². The summed E-state index contributed by atoms with van der Waals surface area (Å²) in [5, 5.41) is 6.86. The van der Waals surface area contributed by atoms with Crippen molar-refractivity contribution in [3.63, 3.8) is 0 Å². The highest BCUT2D eigenvalue weighted by atomic mass is 15.0. The minimum atomic E-state index is 0.567. The first-order valence-electron chi connectivity index (χ1n) is 6.66. The molecule has 0 unspecified atom stereocenters. The van der Waals surface area contributed by atoms with Gasteiger partial charge in [-0.3, -0.25) is 0 Å². The van der Waals surface area contributed by atoms with Crippen LogP contribution in [0.25, 0.3) is 0 Å². The van der Waals surface area contributed by atoms with Crippen LogP contribution in [-0.2, 0) is 0 Å². The summed E-state index contributed by atoms with van der Waals surface area (Å²) >= 11 is 0. The van der Waals surface area contributed by atoms with Gasteiger partial charge in [0, 0.05) is 12.7 Å². The van der Waals surface area contributed by atoms with Crippen LogP contribution >= 0.6 is 0 Å². The number of nitrogens with zero attached hydrogens (tertiary/aromatic N) is 1. The van der Waals surface area contributed by atoms with E-state index in [4.69, 9.17) is 0 Å². The molecule has 0 atom stereocenters. The number of nitrogens with one attached hydrogen (secondary N) is 2. The molecule has 0 spiro atoms. The van der Waals surface area contributed by atoms with Crippen LogP contribution in [-0.4, -0.2) is 24.6 Å². The van der Waals surface area contributed by atoms with Crippen LogP contribution in [0.15, 0.2) is 18.3 Å². The average molecular weight is 233 g/mol. The molecule has 0 bridgehead atoms. The second kappa shape index (κ2) is 6.01. The third-order valence-corrected chi connectivity index (χ3v) is 3.48. The van der Waals surface area contributed by atoms with Gasteiger partial charge in [0.05, 0.1) is 0 Å². The third-order valence-electron chi connectivity index (χ3n) is 3.48. The molecule has 2 N–H and O–H groups in total. The lowest BCUT2D eigenvalue weighted by Gasteiger charge is -2.23.